The van der Waals surface area contributed by atoms with Crippen molar-refractivity contribution in [1.29, 1.82) is 0 Å². The van der Waals surface area contributed by atoms with Crippen LogP contribution >= 0.6 is 11.3 Å². The van der Waals surface area contributed by atoms with Gasteiger partial charge in [0.05, 0.1) is 0 Å². The normalized spacial score (nSPS) is 16.4. The van der Waals surface area contributed by atoms with Crippen molar-refractivity contribution >= 4 is 28.6 Å². The molecule has 1 aromatic heterocycles. The summed E-state index contributed by atoms with van der Waals surface area (Å²) in [6, 6.07) is 10.5. The Labute approximate surface area is 123 Å². The molecule has 1 N–H and O–H groups in total. The van der Waals surface area contributed by atoms with Gasteiger partial charge in [-0.2, -0.15) is 11.3 Å². The number of carbonyl (C=O) groups excluding carboxylic acids is 1. The van der Waals surface area contributed by atoms with E-state index in [0.29, 0.717) is 6.42 Å². The zero-order valence-electron chi connectivity index (χ0n) is 11.5. The molecule has 104 valence electrons. The minimum absolute atomic E-state index is 0.230. The number of carbonyl (C=O) groups is 1. The van der Waals surface area contributed by atoms with Gasteiger partial charge in [-0.3, -0.25) is 4.79 Å². The molecule has 2 aromatic rings. The van der Waals surface area contributed by atoms with E-state index in [4.69, 9.17) is 0 Å². The van der Waals surface area contributed by atoms with Crippen molar-refractivity contribution in [2.75, 3.05) is 16.8 Å². The lowest BCUT2D eigenvalue weighted by molar-refractivity contribution is -0.117. The molecule has 1 unspecified atom stereocenters. The lowest BCUT2D eigenvalue weighted by Gasteiger charge is -2.19. The fourth-order valence-corrected chi connectivity index (χ4v) is 3.29. The van der Waals surface area contributed by atoms with Crippen molar-refractivity contribution in [2.45, 2.75) is 25.8 Å². The first-order valence-corrected chi connectivity index (χ1v) is 7.87. The summed E-state index contributed by atoms with van der Waals surface area (Å²) in [7, 11) is 0. The fraction of sp³-hybridized carbons (Fsp3) is 0.312. The third-order valence-electron chi connectivity index (χ3n) is 3.66. The van der Waals surface area contributed by atoms with Gasteiger partial charge in [-0.05, 0) is 53.9 Å². The first-order valence-electron chi connectivity index (χ1n) is 6.93. The summed E-state index contributed by atoms with van der Waals surface area (Å²) in [6.07, 6.45) is 1.63. The smallest absolute Gasteiger partial charge is 0.227 e. The Morgan fingerprint density at radius 3 is 2.95 bits per heavy atom. The van der Waals surface area contributed by atoms with Gasteiger partial charge >= 0.3 is 0 Å². The van der Waals surface area contributed by atoms with E-state index in [0.717, 1.165) is 24.3 Å². The van der Waals surface area contributed by atoms with E-state index in [-0.39, 0.29) is 11.9 Å². The number of rotatable bonds is 4. The van der Waals surface area contributed by atoms with Crippen molar-refractivity contribution in [1.82, 2.24) is 0 Å². The minimum Gasteiger partial charge on any atom is -0.378 e. The molecule has 1 atom stereocenters. The minimum atomic E-state index is 0.230. The largest absolute Gasteiger partial charge is 0.378 e. The highest BCUT2D eigenvalue weighted by Gasteiger charge is 2.21. The van der Waals surface area contributed by atoms with Crippen LogP contribution in [0.2, 0.25) is 0 Å². The van der Waals surface area contributed by atoms with E-state index in [9.17, 15) is 4.79 Å². The summed E-state index contributed by atoms with van der Waals surface area (Å²) in [5.41, 5.74) is 3.34. The summed E-state index contributed by atoms with van der Waals surface area (Å²) in [5, 5.41) is 7.74. The molecule has 1 aliphatic rings. The van der Waals surface area contributed by atoms with E-state index < -0.39 is 0 Å². The third-order valence-corrected chi connectivity index (χ3v) is 4.36. The standard InChI is InChI=1S/C16H18N2OS/c1-12(13-7-9-20-11-13)17-14-4-2-5-15(10-14)18-8-3-6-16(18)19/h2,4-5,7,9-12,17H,3,6,8H2,1H3. The van der Waals surface area contributed by atoms with Crippen LogP contribution in [-0.2, 0) is 4.79 Å². The molecule has 0 bridgehead atoms. The summed E-state index contributed by atoms with van der Waals surface area (Å²) < 4.78 is 0. The van der Waals surface area contributed by atoms with Crippen molar-refractivity contribution in [3.05, 3.63) is 46.7 Å². The number of anilines is 2. The second-order valence-corrected chi connectivity index (χ2v) is 5.90. The highest BCUT2D eigenvalue weighted by atomic mass is 32.1. The lowest BCUT2D eigenvalue weighted by atomic mass is 10.1. The molecule has 3 nitrogen and oxygen atoms in total. The molecule has 1 fully saturated rings. The Morgan fingerprint density at radius 2 is 2.25 bits per heavy atom. The third kappa shape index (κ3) is 2.70. The Bertz CT molecular complexity index is 594. The zero-order valence-corrected chi connectivity index (χ0v) is 12.3. The number of hydrogen-bond acceptors (Lipinski definition) is 3. The van der Waals surface area contributed by atoms with Crippen molar-refractivity contribution in [3.8, 4) is 0 Å². The first-order chi connectivity index (χ1) is 9.74. The second-order valence-electron chi connectivity index (χ2n) is 5.12. The molecule has 1 amide bonds. The maximum atomic E-state index is 11.8. The first kappa shape index (κ1) is 13.2. The van der Waals surface area contributed by atoms with Crippen LogP contribution in [0, 0.1) is 0 Å². The predicted octanol–water partition coefficient (Wildman–Crippen LogP) is 4.05. The van der Waals surface area contributed by atoms with Crippen LogP contribution in [0.25, 0.3) is 0 Å². The van der Waals surface area contributed by atoms with Crippen LogP contribution in [0.1, 0.15) is 31.4 Å². The molecule has 0 aliphatic carbocycles. The van der Waals surface area contributed by atoms with Crippen molar-refractivity contribution < 1.29 is 4.79 Å². The molecule has 20 heavy (non-hydrogen) atoms. The molecule has 0 saturated carbocycles. The fourth-order valence-electron chi connectivity index (χ4n) is 2.54. The van der Waals surface area contributed by atoms with E-state index in [1.54, 1.807) is 11.3 Å². The van der Waals surface area contributed by atoms with Crippen LogP contribution in [0.15, 0.2) is 41.1 Å². The van der Waals surface area contributed by atoms with E-state index >= 15 is 0 Å². The molecule has 3 rings (SSSR count). The maximum absolute atomic E-state index is 11.8. The number of amides is 1. The monoisotopic (exact) mass is 286 g/mol. The van der Waals surface area contributed by atoms with E-state index in [1.807, 2.05) is 23.1 Å². The number of hydrogen-bond donors (Lipinski definition) is 1. The molecule has 1 saturated heterocycles. The van der Waals surface area contributed by atoms with Gasteiger partial charge in [-0.25, -0.2) is 0 Å². The summed E-state index contributed by atoms with van der Waals surface area (Å²) in [4.78, 5) is 13.7. The molecule has 0 radical (unpaired) electrons. The SMILES string of the molecule is CC(Nc1cccc(N2CCCC2=O)c1)c1ccsc1. The van der Waals surface area contributed by atoms with Gasteiger partial charge in [-0.1, -0.05) is 6.07 Å². The number of nitrogens with zero attached hydrogens (tertiary/aromatic N) is 1. The molecular weight excluding hydrogens is 268 g/mol. The average molecular weight is 286 g/mol. The zero-order chi connectivity index (χ0) is 13.9. The Morgan fingerprint density at radius 1 is 1.35 bits per heavy atom. The molecule has 1 aromatic carbocycles. The van der Waals surface area contributed by atoms with E-state index in [1.165, 1.54) is 5.56 Å². The Hall–Kier alpha value is -1.81. The number of thiophene rings is 1. The predicted molar refractivity (Wildman–Crippen MR) is 84.4 cm³/mol. The molecular formula is C16H18N2OS. The van der Waals surface area contributed by atoms with Crippen LogP contribution in [-0.4, -0.2) is 12.5 Å². The van der Waals surface area contributed by atoms with E-state index in [2.05, 4.69) is 35.1 Å². The molecule has 2 heterocycles. The molecule has 1 aliphatic heterocycles. The number of nitrogens with one attached hydrogen (secondary N) is 1. The van der Waals surface area contributed by atoms with Crippen LogP contribution < -0.4 is 10.2 Å². The topological polar surface area (TPSA) is 32.3 Å². The van der Waals surface area contributed by atoms with Gasteiger partial charge < -0.3 is 10.2 Å². The second kappa shape index (κ2) is 5.67. The quantitative estimate of drug-likeness (QED) is 0.919. The molecule has 4 heteroatoms. The molecule has 0 spiro atoms. The Balaban J connectivity index is 1.76. The number of benzene rings is 1. The summed E-state index contributed by atoms with van der Waals surface area (Å²) in [6.45, 7) is 2.98. The van der Waals surface area contributed by atoms with Gasteiger partial charge in [0.2, 0.25) is 5.91 Å². The van der Waals surface area contributed by atoms with Gasteiger partial charge in [0.15, 0.2) is 0 Å². The highest BCUT2D eigenvalue weighted by Crippen LogP contribution is 2.27. The van der Waals surface area contributed by atoms with Crippen LogP contribution in [0.4, 0.5) is 11.4 Å². The van der Waals surface area contributed by atoms with Crippen molar-refractivity contribution in [2.24, 2.45) is 0 Å². The van der Waals surface area contributed by atoms with Gasteiger partial charge in [0.1, 0.15) is 0 Å². The van der Waals surface area contributed by atoms with Gasteiger partial charge in [-0.15, -0.1) is 0 Å². The van der Waals surface area contributed by atoms with Gasteiger partial charge in [0, 0.05) is 30.4 Å². The van der Waals surface area contributed by atoms with Crippen LogP contribution in [0.5, 0.6) is 0 Å². The average Bonchev–Trinajstić information content (AvgIpc) is 3.10. The summed E-state index contributed by atoms with van der Waals surface area (Å²) in [5.74, 6) is 0.230. The summed E-state index contributed by atoms with van der Waals surface area (Å²) >= 11 is 1.71. The Kier molecular flexibility index (Phi) is 3.74. The van der Waals surface area contributed by atoms with Crippen LogP contribution in [0.3, 0.4) is 0 Å². The van der Waals surface area contributed by atoms with Crippen molar-refractivity contribution in [3.63, 3.8) is 0 Å². The lowest BCUT2D eigenvalue weighted by Crippen LogP contribution is -2.23. The highest BCUT2D eigenvalue weighted by molar-refractivity contribution is 7.07. The van der Waals surface area contributed by atoms with Gasteiger partial charge in [0.25, 0.3) is 0 Å². The maximum Gasteiger partial charge on any atom is 0.227 e.